The summed E-state index contributed by atoms with van der Waals surface area (Å²) in [5.74, 6) is 0.882. The molecular formula is C41H25N3. The number of nitrogens with zero attached hydrogens (tertiary/aromatic N) is 2. The summed E-state index contributed by atoms with van der Waals surface area (Å²) in [5.41, 5.74) is 14.9. The molecule has 0 amide bonds. The molecule has 0 bridgehead atoms. The van der Waals surface area contributed by atoms with Crippen molar-refractivity contribution >= 4 is 49.5 Å². The van der Waals surface area contributed by atoms with E-state index in [1.165, 1.54) is 16.5 Å². The number of anilines is 1. The van der Waals surface area contributed by atoms with E-state index in [0.29, 0.717) is 5.56 Å². The van der Waals surface area contributed by atoms with Gasteiger partial charge in [0.1, 0.15) is 17.1 Å². The van der Waals surface area contributed by atoms with Gasteiger partial charge in [-0.25, -0.2) is 0 Å². The number of nitrogens with one attached hydrogen (secondary N) is 1. The lowest BCUT2D eigenvalue weighted by atomic mass is 9.68. The van der Waals surface area contributed by atoms with E-state index in [2.05, 4.69) is 144 Å². The van der Waals surface area contributed by atoms with Crippen LogP contribution in [0.3, 0.4) is 0 Å². The van der Waals surface area contributed by atoms with Gasteiger partial charge < -0.3 is 9.88 Å². The van der Waals surface area contributed by atoms with Gasteiger partial charge >= 0.3 is 0 Å². The molecule has 0 saturated carbocycles. The third-order valence-electron chi connectivity index (χ3n) is 9.66. The summed E-state index contributed by atoms with van der Waals surface area (Å²) in [5, 5.41) is 17.9. The van der Waals surface area contributed by atoms with Crippen LogP contribution in [0.5, 0.6) is 0 Å². The molecule has 2 heterocycles. The van der Waals surface area contributed by atoms with Crippen LogP contribution in [-0.2, 0) is 0 Å². The Morgan fingerprint density at radius 2 is 1.70 bits per heavy atom. The first kappa shape index (κ1) is 24.7. The molecule has 44 heavy (non-hydrogen) atoms. The highest BCUT2D eigenvalue weighted by molar-refractivity contribution is 6.10. The van der Waals surface area contributed by atoms with Gasteiger partial charge in [-0.2, -0.15) is 5.26 Å². The monoisotopic (exact) mass is 559 g/mol. The predicted molar refractivity (Wildman–Crippen MR) is 176 cm³/mol. The number of hydrogen-bond donors (Lipinski definition) is 1. The maximum atomic E-state index is 9.58. The van der Waals surface area contributed by atoms with Crippen molar-refractivity contribution in [3.05, 3.63) is 150 Å². The van der Waals surface area contributed by atoms with Gasteiger partial charge in [-0.05, 0) is 65.6 Å². The minimum atomic E-state index is 0.0950. The van der Waals surface area contributed by atoms with Crippen LogP contribution in [0.4, 0.5) is 5.69 Å². The van der Waals surface area contributed by atoms with E-state index in [-0.39, 0.29) is 29.7 Å². The Morgan fingerprint density at radius 1 is 0.864 bits per heavy atom. The fourth-order valence-electron chi connectivity index (χ4n) is 7.54. The first-order chi connectivity index (χ1) is 21.7. The lowest BCUT2D eigenvalue weighted by Crippen LogP contribution is -2.40. The van der Waals surface area contributed by atoms with Gasteiger partial charge in [0, 0.05) is 45.0 Å². The van der Waals surface area contributed by atoms with Crippen LogP contribution in [0.15, 0.2) is 114 Å². The van der Waals surface area contributed by atoms with Gasteiger partial charge in [0.15, 0.2) is 0 Å². The third-order valence-corrected chi connectivity index (χ3v) is 9.66. The first-order valence-corrected chi connectivity index (χ1v) is 15.1. The Labute approximate surface area is 256 Å². The number of rotatable bonds is 2. The molecule has 5 atom stereocenters. The van der Waals surface area contributed by atoms with Crippen molar-refractivity contribution in [3.8, 4) is 6.07 Å². The van der Waals surface area contributed by atoms with E-state index < -0.39 is 0 Å². The second kappa shape index (κ2) is 9.32. The number of para-hydroxylation sites is 1. The lowest BCUT2D eigenvalue weighted by molar-refractivity contribution is 0.490. The summed E-state index contributed by atoms with van der Waals surface area (Å²) in [7, 11) is 0. The van der Waals surface area contributed by atoms with Crippen LogP contribution < -0.4 is 5.32 Å². The highest BCUT2D eigenvalue weighted by Crippen LogP contribution is 2.49. The van der Waals surface area contributed by atoms with Crippen LogP contribution in [-0.4, -0.2) is 10.6 Å². The summed E-state index contributed by atoms with van der Waals surface area (Å²) < 4.78 is 2.27. The largest absolute Gasteiger partial charge is 0.376 e. The molecule has 3 nitrogen and oxygen atoms in total. The summed E-state index contributed by atoms with van der Waals surface area (Å²) in [6, 6.07) is 34.6. The summed E-state index contributed by atoms with van der Waals surface area (Å²) in [4.78, 5) is 0. The van der Waals surface area contributed by atoms with Crippen LogP contribution >= 0.6 is 0 Å². The molecule has 4 aromatic carbocycles. The van der Waals surface area contributed by atoms with Crippen molar-refractivity contribution in [2.75, 3.05) is 5.32 Å². The molecule has 1 aromatic heterocycles. The summed E-state index contributed by atoms with van der Waals surface area (Å²) in [6.07, 6.45) is 15.9. The van der Waals surface area contributed by atoms with Gasteiger partial charge in [0.2, 0.25) is 0 Å². The Kier molecular flexibility index (Phi) is 5.23. The normalized spacial score (nSPS) is 24.3. The van der Waals surface area contributed by atoms with E-state index >= 15 is 0 Å². The average molecular weight is 560 g/mol. The molecule has 5 aromatic rings. The number of allylic oxidation sites excluding steroid dienone is 7. The van der Waals surface area contributed by atoms with Crippen molar-refractivity contribution in [3.63, 3.8) is 0 Å². The highest BCUT2D eigenvalue weighted by atomic mass is 15.0. The molecule has 0 fully saturated rings. The third kappa shape index (κ3) is 3.48. The highest BCUT2D eigenvalue weighted by Gasteiger charge is 2.40. The Morgan fingerprint density at radius 3 is 2.61 bits per heavy atom. The SMILES string of the molecule is CC1C=CC(n2c3c#cc(C#N)cc3c3ccccc32)=CC1C1=C2C=CC3C=C=C=CC3C2Nc2c1c#cc1ccccc21. The fraction of sp³-hybridized carbons (Fsp3) is 0.146. The van der Waals surface area contributed by atoms with Gasteiger partial charge in [-0.3, -0.25) is 0 Å². The second-order valence-corrected chi connectivity index (χ2v) is 12.0. The zero-order valence-electron chi connectivity index (χ0n) is 24.0. The van der Waals surface area contributed by atoms with E-state index in [4.69, 9.17) is 0 Å². The molecule has 1 N–H and O–H groups in total. The molecule has 0 radical (unpaired) electrons. The van der Waals surface area contributed by atoms with Crippen LogP contribution in [0.25, 0.3) is 43.8 Å². The number of hydrogen-bond acceptors (Lipinski definition) is 2. The molecule has 3 aliphatic carbocycles. The second-order valence-electron chi connectivity index (χ2n) is 12.0. The standard InChI is InChI=1S/C41H25N3/c1-25-14-18-29(44-37-13-7-6-12-32(37)36-22-26(24-42)15-21-38(36)44)23-35(25)39-33-19-16-27-8-2-4-10-30(27)40(33)43-41-31-11-5-3-9-28(31)17-20-34(39)41/h2,4,6-14,17-18,20,22-23,25,28,31,35,41,43H,1H3. The molecule has 9 rings (SSSR count). The van der Waals surface area contributed by atoms with Crippen LogP contribution in [0.2, 0.25) is 0 Å². The molecule has 3 heteroatoms. The maximum absolute atomic E-state index is 9.58. The quantitative estimate of drug-likeness (QED) is 0.220. The van der Waals surface area contributed by atoms with Gasteiger partial charge in [-0.1, -0.05) is 91.2 Å². The topological polar surface area (TPSA) is 40.8 Å². The van der Waals surface area contributed by atoms with Crippen molar-refractivity contribution in [1.82, 2.24) is 4.57 Å². The average Bonchev–Trinajstić information content (AvgIpc) is 3.41. The van der Waals surface area contributed by atoms with Crippen molar-refractivity contribution in [1.29, 1.82) is 5.26 Å². The molecule has 1 aliphatic heterocycles. The van der Waals surface area contributed by atoms with Crippen LogP contribution in [0, 0.1) is 59.3 Å². The maximum Gasteiger partial charge on any atom is 0.108 e. The fourth-order valence-corrected chi connectivity index (χ4v) is 7.54. The Bertz CT molecular complexity index is 2340. The van der Waals surface area contributed by atoms with Gasteiger partial charge in [0.25, 0.3) is 0 Å². The van der Waals surface area contributed by atoms with E-state index in [9.17, 15) is 5.26 Å². The Balaban J connectivity index is 1.29. The minimum Gasteiger partial charge on any atom is -0.376 e. The van der Waals surface area contributed by atoms with E-state index in [0.717, 1.165) is 44.1 Å². The molecule has 5 unspecified atom stereocenters. The summed E-state index contributed by atoms with van der Waals surface area (Å²) >= 11 is 0. The first-order valence-electron chi connectivity index (χ1n) is 15.1. The van der Waals surface area contributed by atoms with E-state index in [1.807, 2.05) is 12.1 Å². The van der Waals surface area contributed by atoms with E-state index in [1.54, 1.807) is 0 Å². The summed E-state index contributed by atoms with van der Waals surface area (Å²) in [6.45, 7) is 2.30. The van der Waals surface area contributed by atoms with Crippen molar-refractivity contribution in [2.24, 2.45) is 23.7 Å². The molecule has 0 spiro atoms. The van der Waals surface area contributed by atoms with Gasteiger partial charge in [-0.15, -0.1) is 0 Å². The number of aromatic nitrogens is 1. The molecule has 204 valence electrons. The number of benzene rings is 2. The molecule has 4 aliphatic rings. The van der Waals surface area contributed by atoms with Gasteiger partial charge in [0.05, 0.1) is 22.8 Å². The minimum absolute atomic E-state index is 0.0950. The number of nitriles is 1. The Hall–Kier alpha value is -5.87. The number of fused-ring (bicyclic) bond motifs is 9. The molecule has 0 saturated heterocycles. The lowest BCUT2D eigenvalue weighted by Gasteiger charge is -2.41. The zero-order valence-corrected chi connectivity index (χ0v) is 24.0. The smallest absolute Gasteiger partial charge is 0.108 e. The predicted octanol–water partition coefficient (Wildman–Crippen LogP) is 8.61. The van der Waals surface area contributed by atoms with Crippen molar-refractivity contribution in [2.45, 2.75) is 13.0 Å². The van der Waals surface area contributed by atoms with Crippen LogP contribution in [0.1, 0.15) is 18.1 Å². The zero-order chi connectivity index (χ0) is 29.4. The molecular weight excluding hydrogens is 534 g/mol. The van der Waals surface area contributed by atoms with Crippen molar-refractivity contribution < 1.29 is 0 Å².